The van der Waals surface area contributed by atoms with Gasteiger partial charge in [-0.1, -0.05) is 125 Å². The maximum atomic E-state index is 6.43. The van der Waals surface area contributed by atoms with Gasteiger partial charge in [0.05, 0.1) is 0 Å². The summed E-state index contributed by atoms with van der Waals surface area (Å²) in [6, 6.07) is 1.15. The average molecular weight is 429 g/mol. The van der Waals surface area contributed by atoms with E-state index in [1.807, 2.05) is 0 Å². The summed E-state index contributed by atoms with van der Waals surface area (Å²) < 4.78 is 12.9. The lowest BCUT2D eigenvalue weighted by atomic mass is 9.99. The van der Waals surface area contributed by atoms with E-state index >= 15 is 0 Å². The minimum absolute atomic E-state index is 0.148. The molecule has 0 fully saturated rings. The highest BCUT2D eigenvalue weighted by Crippen LogP contribution is 2.48. The van der Waals surface area contributed by atoms with Crippen LogP contribution in [0.1, 0.15) is 138 Å². The molecule has 0 spiro atoms. The summed E-state index contributed by atoms with van der Waals surface area (Å²) in [6.07, 6.45) is 19.7. The molecule has 0 saturated heterocycles. The Kier molecular flexibility index (Phi) is 17.9. The Bertz CT molecular complexity index is 349. The lowest BCUT2D eigenvalue weighted by Gasteiger charge is -2.45. The highest BCUT2D eigenvalue weighted by Gasteiger charge is 2.52. The number of hydrogen-bond donors (Lipinski definition) is 0. The fourth-order valence-corrected chi connectivity index (χ4v) is 8.63. The van der Waals surface area contributed by atoms with Crippen molar-refractivity contribution < 1.29 is 8.85 Å². The second-order valence-corrected chi connectivity index (χ2v) is 13.7. The van der Waals surface area contributed by atoms with Crippen molar-refractivity contribution in [2.24, 2.45) is 5.92 Å². The topological polar surface area (TPSA) is 18.5 Å². The van der Waals surface area contributed by atoms with Crippen molar-refractivity contribution in [2.45, 2.75) is 149 Å². The molecule has 0 saturated carbocycles. The molecule has 0 amide bonds. The molecule has 0 aromatic heterocycles. The standard InChI is InChI=1S/C26H56O2Si/c1-8-11-12-13-14-15-16-17-18-19-20-21-22-23-24-29(27-9-2,28-10-3)26(6,7)25(4)5/h25H,8-24H2,1-7H3. The summed E-state index contributed by atoms with van der Waals surface area (Å²) in [7, 11) is -2.19. The van der Waals surface area contributed by atoms with Crippen molar-refractivity contribution in [3.8, 4) is 0 Å². The molecule has 0 heterocycles. The molecule has 176 valence electrons. The van der Waals surface area contributed by atoms with Gasteiger partial charge in [0.1, 0.15) is 0 Å². The highest BCUT2D eigenvalue weighted by molar-refractivity contribution is 6.70. The van der Waals surface area contributed by atoms with E-state index in [1.165, 1.54) is 89.9 Å². The van der Waals surface area contributed by atoms with E-state index in [4.69, 9.17) is 8.85 Å². The lowest BCUT2D eigenvalue weighted by Crippen LogP contribution is -2.53. The molecule has 0 rings (SSSR count). The van der Waals surface area contributed by atoms with Crippen LogP contribution in [0.15, 0.2) is 0 Å². The van der Waals surface area contributed by atoms with Gasteiger partial charge in [-0.25, -0.2) is 0 Å². The summed E-state index contributed by atoms with van der Waals surface area (Å²) in [5.41, 5.74) is 0. The van der Waals surface area contributed by atoms with E-state index in [0.29, 0.717) is 5.92 Å². The first kappa shape index (κ1) is 29.1. The van der Waals surface area contributed by atoms with E-state index in [0.717, 1.165) is 19.3 Å². The molecule has 0 N–H and O–H groups in total. The van der Waals surface area contributed by atoms with E-state index < -0.39 is 8.56 Å². The van der Waals surface area contributed by atoms with Crippen LogP contribution in [0.25, 0.3) is 0 Å². The minimum Gasteiger partial charge on any atom is -0.394 e. The van der Waals surface area contributed by atoms with Gasteiger partial charge in [0.25, 0.3) is 0 Å². The molecule has 0 unspecified atom stereocenters. The van der Waals surface area contributed by atoms with Crippen molar-refractivity contribution >= 4 is 8.56 Å². The van der Waals surface area contributed by atoms with E-state index in [-0.39, 0.29) is 5.04 Å². The smallest absolute Gasteiger partial charge is 0.344 e. The quantitative estimate of drug-likeness (QED) is 0.134. The second kappa shape index (κ2) is 17.8. The molecule has 0 aliphatic heterocycles. The van der Waals surface area contributed by atoms with Gasteiger partial charge < -0.3 is 8.85 Å². The van der Waals surface area contributed by atoms with Gasteiger partial charge in [-0.05, 0) is 25.8 Å². The summed E-state index contributed by atoms with van der Waals surface area (Å²) in [5, 5.41) is 0.148. The third-order valence-electron chi connectivity index (χ3n) is 7.04. The molecule has 0 aromatic carbocycles. The first-order valence-electron chi connectivity index (χ1n) is 13.2. The third-order valence-corrected chi connectivity index (χ3v) is 12.1. The monoisotopic (exact) mass is 428 g/mol. The molecule has 0 aromatic rings. The Balaban J connectivity index is 3.96. The molecule has 3 heteroatoms. The van der Waals surface area contributed by atoms with Crippen LogP contribution >= 0.6 is 0 Å². The van der Waals surface area contributed by atoms with Crippen LogP contribution < -0.4 is 0 Å². The van der Waals surface area contributed by atoms with Crippen LogP contribution in [0.4, 0.5) is 0 Å². The Morgan fingerprint density at radius 1 is 0.586 bits per heavy atom. The lowest BCUT2D eigenvalue weighted by molar-refractivity contribution is 0.144. The van der Waals surface area contributed by atoms with Gasteiger partial charge in [0, 0.05) is 18.3 Å². The van der Waals surface area contributed by atoms with E-state index in [2.05, 4.69) is 48.5 Å². The van der Waals surface area contributed by atoms with Gasteiger partial charge in [-0.15, -0.1) is 0 Å². The van der Waals surface area contributed by atoms with Crippen molar-refractivity contribution in [3.63, 3.8) is 0 Å². The maximum absolute atomic E-state index is 6.43. The number of hydrogen-bond acceptors (Lipinski definition) is 2. The van der Waals surface area contributed by atoms with Gasteiger partial charge in [0.2, 0.25) is 0 Å². The Morgan fingerprint density at radius 2 is 0.931 bits per heavy atom. The van der Waals surface area contributed by atoms with Crippen LogP contribution in [-0.2, 0) is 8.85 Å². The van der Waals surface area contributed by atoms with Crippen molar-refractivity contribution in [1.82, 2.24) is 0 Å². The Labute approximate surface area is 186 Å². The third kappa shape index (κ3) is 11.9. The molecule has 0 aliphatic carbocycles. The highest BCUT2D eigenvalue weighted by atomic mass is 28.4. The van der Waals surface area contributed by atoms with E-state index in [1.54, 1.807) is 0 Å². The van der Waals surface area contributed by atoms with Crippen LogP contribution in [0, 0.1) is 5.92 Å². The zero-order valence-corrected chi connectivity index (χ0v) is 22.4. The molecule has 0 atom stereocenters. The fraction of sp³-hybridized carbons (Fsp3) is 1.00. The predicted molar refractivity (Wildman–Crippen MR) is 133 cm³/mol. The SMILES string of the molecule is CCCCCCCCCCCCCCCC[Si](OCC)(OCC)C(C)(C)C(C)C. The van der Waals surface area contributed by atoms with Crippen molar-refractivity contribution in [1.29, 1.82) is 0 Å². The molecular formula is C26H56O2Si. The maximum Gasteiger partial charge on any atom is 0.344 e. The van der Waals surface area contributed by atoms with Crippen LogP contribution in [0.3, 0.4) is 0 Å². The van der Waals surface area contributed by atoms with Gasteiger partial charge in [-0.3, -0.25) is 0 Å². The largest absolute Gasteiger partial charge is 0.394 e. The summed E-state index contributed by atoms with van der Waals surface area (Å²) in [4.78, 5) is 0. The molecule has 0 radical (unpaired) electrons. The Morgan fingerprint density at radius 3 is 1.24 bits per heavy atom. The normalized spacial score (nSPS) is 12.8. The van der Waals surface area contributed by atoms with Crippen LogP contribution in [0.2, 0.25) is 11.1 Å². The Hall–Kier alpha value is 0.137. The zero-order valence-electron chi connectivity index (χ0n) is 21.4. The van der Waals surface area contributed by atoms with Crippen LogP contribution in [-0.4, -0.2) is 21.8 Å². The van der Waals surface area contributed by atoms with Crippen LogP contribution in [0.5, 0.6) is 0 Å². The molecular weight excluding hydrogens is 372 g/mol. The molecule has 0 bridgehead atoms. The second-order valence-electron chi connectivity index (χ2n) is 9.84. The molecule has 2 nitrogen and oxygen atoms in total. The minimum atomic E-state index is -2.19. The van der Waals surface area contributed by atoms with Gasteiger partial charge in [-0.2, -0.15) is 0 Å². The van der Waals surface area contributed by atoms with E-state index in [9.17, 15) is 0 Å². The molecule has 29 heavy (non-hydrogen) atoms. The zero-order chi connectivity index (χ0) is 22.0. The fourth-order valence-electron chi connectivity index (χ4n) is 4.34. The molecule has 0 aliphatic rings. The number of rotatable bonds is 21. The first-order chi connectivity index (χ1) is 13.9. The summed E-state index contributed by atoms with van der Waals surface area (Å²) in [5.74, 6) is 0.582. The predicted octanol–water partition coefficient (Wildman–Crippen LogP) is 9.42. The number of unbranched alkanes of at least 4 members (excludes halogenated alkanes) is 13. The van der Waals surface area contributed by atoms with Gasteiger partial charge >= 0.3 is 8.56 Å². The van der Waals surface area contributed by atoms with Crippen molar-refractivity contribution in [3.05, 3.63) is 0 Å². The summed E-state index contributed by atoms with van der Waals surface area (Å²) in [6.45, 7) is 17.5. The average Bonchev–Trinajstić information content (AvgIpc) is 2.68. The van der Waals surface area contributed by atoms with Gasteiger partial charge in [0.15, 0.2) is 0 Å². The van der Waals surface area contributed by atoms with Crippen molar-refractivity contribution in [2.75, 3.05) is 13.2 Å². The first-order valence-corrected chi connectivity index (χ1v) is 15.2. The summed E-state index contributed by atoms with van der Waals surface area (Å²) >= 11 is 0.